The predicted molar refractivity (Wildman–Crippen MR) is 520 cm³/mol. The summed E-state index contributed by atoms with van der Waals surface area (Å²) in [5.74, 6) is 4.89. The molecule has 13 rings (SSSR count). The zero-order valence-electron chi connectivity index (χ0n) is 73.9. The molecule has 0 unspecified atom stereocenters. The van der Waals surface area contributed by atoms with E-state index >= 15 is 0 Å². The van der Waals surface area contributed by atoms with Gasteiger partial charge in [-0.3, -0.25) is 0 Å². The first-order chi connectivity index (χ1) is 61.8. The molecule has 0 aromatic heterocycles. The highest BCUT2D eigenvalue weighted by Crippen LogP contribution is 2.45. The van der Waals surface area contributed by atoms with Gasteiger partial charge in [0.2, 0.25) is 36.5 Å². The van der Waals surface area contributed by atoms with Crippen molar-refractivity contribution in [2.24, 2.45) is 30.0 Å². The van der Waals surface area contributed by atoms with Gasteiger partial charge < -0.3 is 28.4 Å². The van der Waals surface area contributed by atoms with Crippen molar-refractivity contribution in [2.75, 3.05) is 0 Å². The molecule has 1 aliphatic rings. The lowest BCUT2D eigenvalue weighted by molar-refractivity contribution is 0.303. The SMILES string of the molecule is CCc1cccc(N=C=O)c1COc1cc(Cl)c(C)cc1C.Cc1cc(C)c(OCc2c(Br)cccc2N=C=O)cc1Cl.Cc1cc(C)c(OCc2c(C)cccc2N=C=O)cc1Cl.Cc1cc(C)c(OCc2c(C)cccc2N=C=O)cc1Cl.Cc1cc(C)c(OCc2c(Cl)cccc2N=C=O)cc1Cl.Cc1cc(C)c(OCc2c(N=C=O)cccc2C2CC2)cc1Cl. The van der Waals surface area contributed by atoms with Gasteiger partial charge in [-0.2, -0.15) is 30.0 Å². The minimum absolute atomic E-state index is 0.195. The van der Waals surface area contributed by atoms with Crippen LogP contribution in [0.15, 0.2) is 216 Å². The Labute approximate surface area is 795 Å². The Morgan fingerprint density at radius 1 is 0.271 bits per heavy atom. The van der Waals surface area contributed by atoms with E-state index in [1.807, 2.05) is 212 Å². The molecule has 1 saturated carbocycles. The molecule has 0 bridgehead atoms. The van der Waals surface area contributed by atoms with Crippen LogP contribution in [0.1, 0.15) is 148 Å². The lowest BCUT2D eigenvalue weighted by Crippen LogP contribution is -2.01. The van der Waals surface area contributed by atoms with Crippen LogP contribution in [0, 0.1) is 96.9 Å². The summed E-state index contributed by atoms with van der Waals surface area (Å²) < 4.78 is 36.0. The number of benzene rings is 12. The number of aliphatic imine (C=N–C) groups is 6. The Bertz CT molecular complexity index is 5880. The Kier molecular flexibility index (Phi) is 40.4. The highest BCUT2D eigenvalue weighted by molar-refractivity contribution is 9.10. The summed E-state index contributed by atoms with van der Waals surface area (Å²) in [5, 5.41) is 4.50. The third-order valence-electron chi connectivity index (χ3n) is 20.8. The van der Waals surface area contributed by atoms with Crippen LogP contribution in [0.3, 0.4) is 0 Å². The molecule has 0 N–H and O–H groups in total. The third-order valence-corrected chi connectivity index (χ3v) is 24.3. The molecule has 0 spiro atoms. The van der Waals surface area contributed by atoms with Crippen LogP contribution in [0.4, 0.5) is 34.1 Å². The first-order valence-corrected chi connectivity index (χ1v) is 44.0. The van der Waals surface area contributed by atoms with Gasteiger partial charge in [-0.05, 0) is 296 Å². The number of aryl methyl sites for hydroxylation is 15. The highest BCUT2D eigenvalue weighted by Gasteiger charge is 2.28. The number of nitrogens with zero attached hydrogens (tertiary/aromatic N) is 6. The largest absolute Gasteiger partial charge is 0.488 e. The first kappa shape index (κ1) is 103. The van der Waals surface area contributed by atoms with E-state index in [0.29, 0.717) is 119 Å². The number of halogens is 8. The molecule has 0 amide bonds. The second-order valence-corrected chi connectivity index (χ2v) is 33.9. The standard InChI is InChI=1S/C19H18ClNO2.C18H18ClNO2.2C17H16ClNO2.C16H13BrClNO2.C16H13Cl2NO2/c1-12-8-13(2)19(9-17(12)20)23-10-16-15(14-6-7-14)4-3-5-18(16)21-11-22;1-4-14-6-5-7-17(20-11-21)15(14)10-22-18-9-16(19)12(2)8-13(18)3;2*1-11-5-4-6-16(19-10-20)14(11)9-21-17-8-15(18)12(2)7-13(17)3;2*1-10-6-11(2)16(7-14(10)18)21-8-12-13(17)4-3-5-15(12)19-9-20/h3-5,8-9,14H,6-7,10H2,1-2H3;5-9H,4,10H2,1-3H3;2*4-8H,9H2,1-3H3;2*3-7H,8H2,1-2H3. The molecule has 12 aromatic carbocycles. The van der Waals surface area contributed by atoms with Gasteiger partial charge in [-0.15, -0.1) is 0 Å². The Hall–Kier alpha value is -11.8. The summed E-state index contributed by atoms with van der Waals surface area (Å²) >= 11 is 46.4. The zero-order chi connectivity index (χ0) is 94.1. The van der Waals surface area contributed by atoms with E-state index in [-0.39, 0.29) is 13.2 Å². The Balaban J connectivity index is 0.000000191. The maximum Gasteiger partial charge on any atom is 0.240 e. The molecule has 0 saturated heterocycles. The van der Waals surface area contributed by atoms with Gasteiger partial charge >= 0.3 is 0 Å². The fraction of sp³-hybridized carbons (Fsp3) is 0.243. The molecular formula is C103H94BrCl7N6O12. The summed E-state index contributed by atoms with van der Waals surface area (Å²) in [6.07, 6.45) is 12.7. The average molecular weight is 1940 g/mol. The zero-order valence-corrected chi connectivity index (χ0v) is 80.7. The summed E-state index contributed by atoms with van der Waals surface area (Å²) in [5.41, 5.74) is 25.0. The van der Waals surface area contributed by atoms with Crippen LogP contribution >= 0.6 is 97.1 Å². The lowest BCUT2D eigenvalue weighted by Gasteiger charge is -2.15. The second kappa shape index (κ2) is 50.8. The van der Waals surface area contributed by atoms with Gasteiger partial charge in [-0.1, -0.05) is 201 Å². The quantitative estimate of drug-likeness (QED) is 0.0364. The molecule has 12 aromatic rings. The molecule has 129 heavy (non-hydrogen) atoms. The summed E-state index contributed by atoms with van der Waals surface area (Å²) in [6.45, 7) is 31.4. The molecular weight excluding hydrogens is 1840 g/mol. The Morgan fingerprint density at radius 2 is 0.512 bits per heavy atom. The first-order valence-electron chi connectivity index (χ1n) is 40.6. The number of hydrogen-bond donors (Lipinski definition) is 0. The molecule has 0 radical (unpaired) electrons. The minimum Gasteiger partial charge on any atom is -0.488 e. The molecule has 1 aliphatic carbocycles. The van der Waals surface area contributed by atoms with Gasteiger partial charge in [0.05, 0.1) is 34.1 Å². The highest BCUT2D eigenvalue weighted by atomic mass is 79.9. The smallest absolute Gasteiger partial charge is 0.240 e. The molecule has 18 nitrogen and oxygen atoms in total. The van der Waals surface area contributed by atoms with Gasteiger partial charge in [0, 0.05) is 73.0 Å². The van der Waals surface area contributed by atoms with Crippen molar-refractivity contribution in [1.82, 2.24) is 0 Å². The van der Waals surface area contributed by atoms with Crippen LogP contribution in [-0.2, 0) is 74.8 Å². The van der Waals surface area contributed by atoms with E-state index in [0.717, 1.165) is 145 Å². The van der Waals surface area contributed by atoms with E-state index in [1.165, 1.54) is 24.5 Å². The fourth-order valence-corrected chi connectivity index (χ4v) is 15.0. The van der Waals surface area contributed by atoms with Gasteiger partial charge in [-0.25, -0.2) is 28.8 Å². The van der Waals surface area contributed by atoms with Crippen molar-refractivity contribution in [2.45, 2.75) is 169 Å². The average Bonchev–Trinajstić information content (AvgIpc) is 1.66. The van der Waals surface area contributed by atoms with Crippen molar-refractivity contribution in [1.29, 1.82) is 0 Å². The van der Waals surface area contributed by atoms with Crippen molar-refractivity contribution in [3.63, 3.8) is 0 Å². The monoisotopic (exact) mass is 1930 g/mol. The van der Waals surface area contributed by atoms with E-state index in [1.54, 1.807) is 91.1 Å². The molecule has 0 aliphatic heterocycles. The van der Waals surface area contributed by atoms with Crippen molar-refractivity contribution < 1.29 is 57.2 Å². The van der Waals surface area contributed by atoms with E-state index in [2.05, 4.69) is 58.9 Å². The number of rotatable bonds is 26. The summed E-state index contributed by atoms with van der Waals surface area (Å²) in [7, 11) is 0. The van der Waals surface area contributed by atoms with Crippen LogP contribution < -0.4 is 28.4 Å². The van der Waals surface area contributed by atoms with Crippen molar-refractivity contribution in [3.05, 3.63) is 344 Å². The fourth-order valence-electron chi connectivity index (χ4n) is 13.4. The van der Waals surface area contributed by atoms with E-state index in [4.69, 9.17) is 110 Å². The molecule has 0 heterocycles. The third kappa shape index (κ3) is 29.9. The number of isocyanates is 6. The summed E-state index contributed by atoms with van der Waals surface area (Å²) in [6, 6.07) is 56.0. The Morgan fingerprint density at radius 3 is 0.822 bits per heavy atom. The number of carbonyl (C=O) groups excluding carboxylic acids is 6. The van der Waals surface area contributed by atoms with E-state index in [9.17, 15) is 28.8 Å². The number of hydrogen-bond acceptors (Lipinski definition) is 18. The molecule has 0 atom stereocenters. The van der Waals surface area contributed by atoms with Gasteiger partial charge in [0.25, 0.3) is 0 Å². The van der Waals surface area contributed by atoms with Crippen molar-refractivity contribution >= 4 is 168 Å². The maximum absolute atomic E-state index is 10.7. The van der Waals surface area contributed by atoms with Crippen LogP contribution in [-0.4, -0.2) is 36.5 Å². The normalized spacial score (nSPS) is 10.7. The van der Waals surface area contributed by atoms with Gasteiger partial charge in [0.1, 0.15) is 74.1 Å². The number of ether oxygens (including phenoxy) is 6. The van der Waals surface area contributed by atoms with Crippen LogP contribution in [0.25, 0.3) is 0 Å². The van der Waals surface area contributed by atoms with Crippen LogP contribution in [0.5, 0.6) is 34.5 Å². The second-order valence-electron chi connectivity index (χ2n) is 30.2. The van der Waals surface area contributed by atoms with Crippen LogP contribution in [0.2, 0.25) is 35.2 Å². The van der Waals surface area contributed by atoms with Gasteiger partial charge in [0.15, 0.2) is 0 Å². The lowest BCUT2D eigenvalue weighted by atomic mass is 10.0. The maximum atomic E-state index is 10.7. The molecule has 1 fully saturated rings. The van der Waals surface area contributed by atoms with E-state index < -0.39 is 0 Å². The van der Waals surface area contributed by atoms with Crippen molar-refractivity contribution in [3.8, 4) is 34.5 Å². The molecule has 664 valence electrons. The molecule has 26 heteroatoms. The minimum atomic E-state index is 0.195. The predicted octanol–water partition coefficient (Wildman–Crippen LogP) is 30.5. The summed E-state index contributed by atoms with van der Waals surface area (Å²) in [4.78, 5) is 85.6. The topological polar surface area (TPSA) is 232 Å².